The van der Waals surface area contributed by atoms with Crippen molar-refractivity contribution in [1.82, 2.24) is 16.0 Å². The van der Waals surface area contributed by atoms with Crippen molar-refractivity contribution in [1.29, 1.82) is 0 Å². The molecule has 1 fully saturated rings. The van der Waals surface area contributed by atoms with Crippen LogP contribution in [-0.4, -0.2) is 31.4 Å². The molecule has 0 spiro atoms. The number of hydrogen-bond donors (Lipinski definition) is 3. The summed E-state index contributed by atoms with van der Waals surface area (Å²) >= 11 is 0. The molecule has 5 nitrogen and oxygen atoms in total. The molecule has 0 aliphatic carbocycles. The highest BCUT2D eigenvalue weighted by Crippen LogP contribution is 2.09. The molecule has 1 aromatic carbocycles. The number of benzene rings is 1. The van der Waals surface area contributed by atoms with E-state index < -0.39 is 0 Å². The van der Waals surface area contributed by atoms with Gasteiger partial charge in [-0.25, -0.2) is 0 Å². The fourth-order valence-electron chi connectivity index (χ4n) is 2.38. The van der Waals surface area contributed by atoms with Crippen molar-refractivity contribution in [3.63, 3.8) is 0 Å². The van der Waals surface area contributed by atoms with Gasteiger partial charge in [-0.05, 0) is 37.1 Å². The molecule has 0 aromatic heterocycles. The lowest BCUT2D eigenvalue weighted by molar-refractivity contribution is -0.124. The van der Waals surface area contributed by atoms with Gasteiger partial charge in [-0.2, -0.15) is 0 Å². The normalized spacial score (nSPS) is 17.5. The second-order valence-corrected chi connectivity index (χ2v) is 5.36. The molecule has 0 saturated carbocycles. The van der Waals surface area contributed by atoms with Crippen LogP contribution in [0.15, 0.2) is 24.3 Å². The molecular weight excluding hydrogens is 266 g/mol. The first-order valence-electron chi connectivity index (χ1n) is 7.56. The van der Waals surface area contributed by atoms with Crippen LogP contribution >= 0.6 is 0 Å². The average Bonchev–Trinajstić information content (AvgIpc) is 3.05. The molecule has 114 valence electrons. The molecule has 1 saturated heterocycles. The van der Waals surface area contributed by atoms with Crippen LogP contribution in [0.25, 0.3) is 0 Å². The molecule has 1 aromatic rings. The summed E-state index contributed by atoms with van der Waals surface area (Å²) in [6.45, 7) is 4.82. The molecule has 3 N–H and O–H groups in total. The Kier molecular flexibility index (Phi) is 5.75. The van der Waals surface area contributed by atoms with E-state index >= 15 is 0 Å². The van der Waals surface area contributed by atoms with Gasteiger partial charge in [0, 0.05) is 25.2 Å². The number of amides is 2. The van der Waals surface area contributed by atoms with E-state index in [1.807, 2.05) is 25.1 Å². The van der Waals surface area contributed by atoms with Gasteiger partial charge >= 0.3 is 0 Å². The SMILES string of the molecule is CCCNC(=O)c1cccc(CNC(=O)C2CCNC2)c1. The highest BCUT2D eigenvalue weighted by Gasteiger charge is 2.21. The third kappa shape index (κ3) is 4.56. The fraction of sp³-hybridized carbons (Fsp3) is 0.500. The Morgan fingerprint density at radius 1 is 1.33 bits per heavy atom. The molecule has 1 heterocycles. The molecule has 21 heavy (non-hydrogen) atoms. The summed E-state index contributed by atoms with van der Waals surface area (Å²) in [6.07, 6.45) is 1.81. The van der Waals surface area contributed by atoms with Crippen LogP contribution in [0, 0.1) is 5.92 Å². The minimum absolute atomic E-state index is 0.0648. The van der Waals surface area contributed by atoms with Crippen molar-refractivity contribution in [3.05, 3.63) is 35.4 Å². The molecule has 1 atom stereocenters. The van der Waals surface area contributed by atoms with E-state index in [-0.39, 0.29) is 17.7 Å². The van der Waals surface area contributed by atoms with Gasteiger partial charge in [0.25, 0.3) is 5.91 Å². The lowest BCUT2D eigenvalue weighted by Gasteiger charge is -2.11. The van der Waals surface area contributed by atoms with Crippen molar-refractivity contribution < 1.29 is 9.59 Å². The van der Waals surface area contributed by atoms with Gasteiger partial charge in [0.1, 0.15) is 0 Å². The maximum Gasteiger partial charge on any atom is 0.251 e. The summed E-state index contributed by atoms with van der Waals surface area (Å²) in [6, 6.07) is 7.39. The minimum Gasteiger partial charge on any atom is -0.352 e. The number of carbonyl (C=O) groups is 2. The highest BCUT2D eigenvalue weighted by molar-refractivity contribution is 5.94. The van der Waals surface area contributed by atoms with Crippen LogP contribution in [0.2, 0.25) is 0 Å². The van der Waals surface area contributed by atoms with Gasteiger partial charge in [0.2, 0.25) is 5.91 Å². The molecule has 1 aliphatic rings. The van der Waals surface area contributed by atoms with E-state index in [0.717, 1.165) is 31.5 Å². The average molecular weight is 289 g/mol. The predicted molar refractivity (Wildman–Crippen MR) is 81.9 cm³/mol. The van der Waals surface area contributed by atoms with Crippen LogP contribution < -0.4 is 16.0 Å². The number of carbonyl (C=O) groups excluding carboxylic acids is 2. The van der Waals surface area contributed by atoms with Crippen molar-refractivity contribution >= 4 is 11.8 Å². The lowest BCUT2D eigenvalue weighted by atomic mass is 10.1. The standard InChI is InChI=1S/C16H23N3O2/c1-2-7-18-15(20)13-5-3-4-12(9-13)10-19-16(21)14-6-8-17-11-14/h3-5,9,14,17H,2,6-8,10-11H2,1H3,(H,18,20)(H,19,21). The second kappa shape index (κ2) is 7.78. The van der Waals surface area contributed by atoms with E-state index in [0.29, 0.717) is 18.7 Å². The Balaban J connectivity index is 1.88. The van der Waals surface area contributed by atoms with Crippen molar-refractivity contribution in [2.24, 2.45) is 5.92 Å². The Morgan fingerprint density at radius 2 is 2.19 bits per heavy atom. The predicted octanol–water partition coefficient (Wildman–Crippen LogP) is 1.05. The highest BCUT2D eigenvalue weighted by atomic mass is 16.2. The Bertz CT molecular complexity index is 496. The van der Waals surface area contributed by atoms with E-state index in [1.165, 1.54) is 0 Å². The first kappa shape index (κ1) is 15.5. The van der Waals surface area contributed by atoms with Crippen molar-refractivity contribution in [2.75, 3.05) is 19.6 Å². The topological polar surface area (TPSA) is 70.2 Å². The van der Waals surface area contributed by atoms with E-state index in [9.17, 15) is 9.59 Å². The Labute approximate surface area is 125 Å². The number of hydrogen-bond acceptors (Lipinski definition) is 3. The fourth-order valence-corrected chi connectivity index (χ4v) is 2.38. The molecule has 0 radical (unpaired) electrons. The van der Waals surface area contributed by atoms with E-state index in [2.05, 4.69) is 16.0 Å². The smallest absolute Gasteiger partial charge is 0.251 e. The second-order valence-electron chi connectivity index (χ2n) is 5.36. The van der Waals surface area contributed by atoms with E-state index in [1.54, 1.807) is 6.07 Å². The van der Waals surface area contributed by atoms with Crippen molar-refractivity contribution in [2.45, 2.75) is 26.3 Å². The molecule has 1 unspecified atom stereocenters. The first-order valence-corrected chi connectivity index (χ1v) is 7.56. The molecular formula is C16H23N3O2. The van der Waals surface area contributed by atoms with Crippen molar-refractivity contribution in [3.8, 4) is 0 Å². The van der Waals surface area contributed by atoms with Gasteiger partial charge < -0.3 is 16.0 Å². The van der Waals surface area contributed by atoms with Crippen LogP contribution in [0.5, 0.6) is 0 Å². The Morgan fingerprint density at radius 3 is 2.90 bits per heavy atom. The Hall–Kier alpha value is -1.88. The minimum atomic E-state index is -0.0648. The summed E-state index contributed by atoms with van der Waals surface area (Å²) in [5, 5.41) is 8.97. The quantitative estimate of drug-likeness (QED) is 0.733. The van der Waals surface area contributed by atoms with Gasteiger partial charge in [0.05, 0.1) is 5.92 Å². The molecule has 5 heteroatoms. The number of nitrogens with one attached hydrogen (secondary N) is 3. The molecule has 0 bridgehead atoms. The van der Waals surface area contributed by atoms with Crippen LogP contribution in [0.3, 0.4) is 0 Å². The zero-order valence-electron chi connectivity index (χ0n) is 12.4. The zero-order valence-corrected chi connectivity index (χ0v) is 12.4. The largest absolute Gasteiger partial charge is 0.352 e. The lowest BCUT2D eigenvalue weighted by Crippen LogP contribution is -2.31. The van der Waals surface area contributed by atoms with Gasteiger partial charge in [-0.1, -0.05) is 19.1 Å². The van der Waals surface area contributed by atoms with E-state index in [4.69, 9.17) is 0 Å². The monoisotopic (exact) mass is 289 g/mol. The molecule has 1 aliphatic heterocycles. The maximum atomic E-state index is 11.9. The summed E-state index contributed by atoms with van der Waals surface area (Å²) in [4.78, 5) is 23.8. The summed E-state index contributed by atoms with van der Waals surface area (Å²) < 4.78 is 0. The summed E-state index contributed by atoms with van der Waals surface area (Å²) in [7, 11) is 0. The zero-order chi connectivity index (χ0) is 15.1. The van der Waals surface area contributed by atoms with Gasteiger partial charge in [0.15, 0.2) is 0 Å². The first-order chi connectivity index (χ1) is 10.2. The molecule has 2 amide bonds. The summed E-state index contributed by atoms with van der Waals surface area (Å²) in [5.74, 6) is 0.0897. The van der Waals surface area contributed by atoms with Crippen LogP contribution in [0.4, 0.5) is 0 Å². The number of rotatable bonds is 6. The summed E-state index contributed by atoms with van der Waals surface area (Å²) in [5.41, 5.74) is 1.58. The van der Waals surface area contributed by atoms with Gasteiger partial charge in [-0.3, -0.25) is 9.59 Å². The van der Waals surface area contributed by atoms with Gasteiger partial charge in [-0.15, -0.1) is 0 Å². The van der Waals surface area contributed by atoms with Crippen LogP contribution in [0.1, 0.15) is 35.7 Å². The third-order valence-corrected chi connectivity index (χ3v) is 3.62. The maximum absolute atomic E-state index is 11.9. The van der Waals surface area contributed by atoms with Crippen LogP contribution in [-0.2, 0) is 11.3 Å². The third-order valence-electron chi connectivity index (χ3n) is 3.62. The molecule has 2 rings (SSSR count).